The summed E-state index contributed by atoms with van der Waals surface area (Å²) in [5.74, 6) is 0.212. The van der Waals surface area contributed by atoms with E-state index in [1.165, 1.54) is 11.3 Å². The van der Waals surface area contributed by atoms with Crippen molar-refractivity contribution in [3.63, 3.8) is 0 Å². The van der Waals surface area contributed by atoms with Crippen LogP contribution in [0.15, 0.2) is 47.4 Å². The Hall–Kier alpha value is -2.99. The number of carbonyl (C=O) groups excluding carboxylic acids is 2. The molecule has 0 aliphatic carbocycles. The quantitative estimate of drug-likeness (QED) is 0.581. The van der Waals surface area contributed by atoms with Gasteiger partial charge in [0.2, 0.25) is 5.91 Å². The van der Waals surface area contributed by atoms with Crippen LogP contribution in [-0.2, 0) is 9.59 Å². The molecule has 124 valence electrons. The number of hydrogen-bond acceptors (Lipinski definition) is 5. The average molecular weight is 350 g/mol. The molecule has 2 amide bonds. The lowest BCUT2D eigenvalue weighted by atomic mass is 10.0. The van der Waals surface area contributed by atoms with Crippen molar-refractivity contribution in [2.75, 3.05) is 7.11 Å². The van der Waals surface area contributed by atoms with Gasteiger partial charge >= 0.3 is 0 Å². The first-order valence-corrected chi connectivity index (χ1v) is 8.60. The van der Waals surface area contributed by atoms with Crippen molar-refractivity contribution in [3.05, 3.63) is 52.4 Å². The second-order valence-electron chi connectivity index (χ2n) is 5.66. The number of carbonyl (C=O) groups is 2. The fourth-order valence-electron chi connectivity index (χ4n) is 2.92. The molecule has 2 heterocycles. The van der Waals surface area contributed by atoms with Gasteiger partial charge in [-0.05, 0) is 23.6 Å². The first kappa shape index (κ1) is 15.5. The topological polar surface area (TPSA) is 68.3 Å². The van der Waals surface area contributed by atoms with E-state index in [-0.39, 0.29) is 18.2 Å². The smallest absolute Gasteiger partial charge is 0.254 e. The van der Waals surface area contributed by atoms with Crippen LogP contribution in [-0.4, -0.2) is 23.9 Å². The maximum absolute atomic E-state index is 11.7. The van der Waals surface area contributed by atoms with Crippen LogP contribution in [0.25, 0.3) is 28.1 Å². The van der Waals surface area contributed by atoms with Crippen LogP contribution in [0.2, 0.25) is 0 Å². The van der Waals surface area contributed by atoms with Gasteiger partial charge in [-0.15, -0.1) is 11.3 Å². The van der Waals surface area contributed by atoms with E-state index in [1.807, 2.05) is 41.8 Å². The van der Waals surface area contributed by atoms with E-state index in [0.717, 1.165) is 27.8 Å². The van der Waals surface area contributed by atoms with Gasteiger partial charge in [0, 0.05) is 21.9 Å². The van der Waals surface area contributed by atoms with Crippen molar-refractivity contribution in [1.29, 1.82) is 0 Å². The SMILES string of the molecule is COc1ccc(-c2csc(/C=C3\CC(=O)NC3=O)n2)c2ccccc12. The third-order valence-corrected chi connectivity index (χ3v) is 4.89. The molecule has 4 rings (SSSR count). The van der Waals surface area contributed by atoms with Crippen LogP contribution in [0.3, 0.4) is 0 Å². The van der Waals surface area contributed by atoms with E-state index in [4.69, 9.17) is 4.74 Å². The molecule has 2 aromatic carbocycles. The highest BCUT2D eigenvalue weighted by atomic mass is 32.1. The third-order valence-electron chi connectivity index (χ3n) is 4.10. The van der Waals surface area contributed by atoms with Gasteiger partial charge < -0.3 is 4.74 Å². The van der Waals surface area contributed by atoms with Gasteiger partial charge in [0.1, 0.15) is 10.8 Å². The number of amides is 2. The average Bonchev–Trinajstić information content (AvgIpc) is 3.20. The highest BCUT2D eigenvalue weighted by Gasteiger charge is 2.24. The van der Waals surface area contributed by atoms with Crippen LogP contribution in [0.4, 0.5) is 0 Å². The van der Waals surface area contributed by atoms with Gasteiger partial charge in [-0.2, -0.15) is 0 Å². The Morgan fingerprint density at radius 1 is 1.16 bits per heavy atom. The van der Waals surface area contributed by atoms with Gasteiger partial charge in [-0.3, -0.25) is 14.9 Å². The predicted octanol–water partition coefficient (Wildman–Crippen LogP) is 3.40. The molecule has 1 aliphatic rings. The number of hydrogen-bond donors (Lipinski definition) is 1. The number of nitrogens with one attached hydrogen (secondary N) is 1. The van der Waals surface area contributed by atoms with Gasteiger partial charge in [0.25, 0.3) is 5.91 Å². The zero-order chi connectivity index (χ0) is 17.4. The summed E-state index contributed by atoms with van der Waals surface area (Å²) in [6.45, 7) is 0. The Labute approximate surface area is 148 Å². The summed E-state index contributed by atoms with van der Waals surface area (Å²) in [6.07, 6.45) is 1.79. The van der Waals surface area contributed by atoms with Crippen LogP contribution in [0.1, 0.15) is 11.4 Å². The molecule has 1 saturated heterocycles. The molecule has 0 saturated carbocycles. The number of methoxy groups -OCH3 is 1. The number of fused-ring (bicyclic) bond motifs is 1. The molecule has 1 N–H and O–H groups in total. The Bertz CT molecular complexity index is 1040. The largest absolute Gasteiger partial charge is 0.496 e. The van der Waals surface area contributed by atoms with Crippen molar-refractivity contribution in [2.24, 2.45) is 0 Å². The van der Waals surface area contributed by atoms with Crippen molar-refractivity contribution in [2.45, 2.75) is 6.42 Å². The first-order valence-electron chi connectivity index (χ1n) is 7.72. The van der Waals surface area contributed by atoms with E-state index in [9.17, 15) is 9.59 Å². The molecule has 1 aromatic heterocycles. The summed E-state index contributed by atoms with van der Waals surface area (Å²) in [5, 5.41) is 7.02. The van der Waals surface area contributed by atoms with Crippen molar-refractivity contribution < 1.29 is 14.3 Å². The zero-order valence-corrected chi connectivity index (χ0v) is 14.2. The molecule has 0 bridgehead atoms. The lowest BCUT2D eigenvalue weighted by Crippen LogP contribution is -2.19. The molecule has 1 fully saturated rings. The summed E-state index contributed by atoms with van der Waals surface area (Å²) in [7, 11) is 1.66. The van der Waals surface area contributed by atoms with E-state index in [0.29, 0.717) is 10.6 Å². The second kappa shape index (κ2) is 6.14. The number of ether oxygens (including phenoxy) is 1. The second-order valence-corrected chi connectivity index (χ2v) is 6.55. The van der Waals surface area contributed by atoms with Crippen molar-refractivity contribution in [1.82, 2.24) is 10.3 Å². The van der Waals surface area contributed by atoms with E-state index in [1.54, 1.807) is 13.2 Å². The Kier molecular flexibility index (Phi) is 3.82. The Balaban J connectivity index is 1.76. The monoisotopic (exact) mass is 350 g/mol. The molecule has 1 aliphatic heterocycles. The number of aromatic nitrogens is 1. The summed E-state index contributed by atoms with van der Waals surface area (Å²) in [5.41, 5.74) is 2.29. The minimum absolute atomic E-state index is 0.110. The minimum atomic E-state index is -0.336. The highest BCUT2D eigenvalue weighted by Crippen LogP contribution is 2.35. The van der Waals surface area contributed by atoms with Gasteiger partial charge in [0.05, 0.1) is 19.2 Å². The number of imide groups is 1. The van der Waals surface area contributed by atoms with Crippen molar-refractivity contribution in [3.8, 4) is 17.0 Å². The first-order chi connectivity index (χ1) is 12.2. The van der Waals surface area contributed by atoms with E-state index < -0.39 is 0 Å². The fraction of sp³-hybridized carbons (Fsp3) is 0.105. The summed E-state index contributed by atoms with van der Waals surface area (Å²) in [4.78, 5) is 27.6. The molecule has 0 unspecified atom stereocenters. The summed E-state index contributed by atoms with van der Waals surface area (Å²) < 4.78 is 5.43. The van der Waals surface area contributed by atoms with E-state index in [2.05, 4.69) is 10.3 Å². The molecular weight excluding hydrogens is 336 g/mol. The summed E-state index contributed by atoms with van der Waals surface area (Å²) >= 11 is 1.44. The van der Waals surface area contributed by atoms with Crippen LogP contribution >= 0.6 is 11.3 Å². The predicted molar refractivity (Wildman–Crippen MR) is 97.4 cm³/mol. The Morgan fingerprint density at radius 3 is 2.68 bits per heavy atom. The van der Waals surface area contributed by atoms with Gasteiger partial charge in [0.15, 0.2) is 0 Å². The zero-order valence-electron chi connectivity index (χ0n) is 13.4. The molecule has 0 atom stereocenters. The van der Waals surface area contributed by atoms with Gasteiger partial charge in [-0.25, -0.2) is 4.98 Å². The third kappa shape index (κ3) is 2.81. The van der Waals surface area contributed by atoms with E-state index >= 15 is 0 Å². The fourth-order valence-corrected chi connectivity index (χ4v) is 3.69. The molecule has 3 aromatic rings. The number of nitrogens with zero attached hydrogens (tertiary/aromatic N) is 1. The van der Waals surface area contributed by atoms with Crippen LogP contribution in [0, 0.1) is 0 Å². The maximum atomic E-state index is 11.7. The molecule has 0 spiro atoms. The van der Waals surface area contributed by atoms with Crippen LogP contribution < -0.4 is 10.1 Å². The number of rotatable bonds is 3. The normalized spacial score (nSPS) is 15.8. The number of thiazole rings is 1. The number of benzene rings is 2. The molecule has 0 radical (unpaired) electrons. The van der Waals surface area contributed by atoms with Gasteiger partial charge in [-0.1, -0.05) is 24.3 Å². The molecule has 6 heteroatoms. The molecule has 25 heavy (non-hydrogen) atoms. The minimum Gasteiger partial charge on any atom is -0.496 e. The Morgan fingerprint density at radius 2 is 1.96 bits per heavy atom. The lowest BCUT2D eigenvalue weighted by molar-refractivity contribution is -0.124. The maximum Gasteiger partial charge on any atom is 0.254 e. The molecule has 5 nitrogen and oxygen atoms in total. The lowest BCUT2D eigenvalue weighted by Gasteiger charge is -2.08. The molecular formula is C19H14N2O3S. The standard InChI is InChI=1S/C19H14N2O3S/c1-24-16-7-6-13(12-4-2-3-5-14(12)16)15-10-25-18(20-15)9-11-8-17(22)21-19(11)23/h2-7,9-10H,8H2,1H3,(H,21,22,23)/b11-9+. The summed E-state index contributed by atoms with van der Waals surface area (Å²) in [6, 6.07) is 11.9. The highest BCUT2D eigenvalue weighted by molar-refractivity contribution is 7.10. The van der Waals surface area contributed by atoms with Crippen molar-refractivity contribution >= 4 is 40.0 Å². The van der Waals surface area contributed by atoms with Crippen LogP contribution in [0.5, 0.6) is 5.75 Å².